The summed E-state index contributed by atoms with van der Waals surface area (Å²) in [6.07, 6.45) is 2.54. The van der Waals surface area contributed by atoms with Crippen LogP contribution in [0.3, 0.4) is 0 Å². The maximum atomic E-state index is 6.04. The Labute approximate surface area is 113 Å². The lowest BCUT2D eigenvalue weighted by Crippen LogP contribution is -2.10. The third kappa shape index (κ3) is 3.58. The van der Waals surface area contributed by atoms with E-state index in [-0.39, 0.29) is 0 Å². The van der Waals surface area contributed by atoms with Crippen molar-refractivity contribution in [3.05, 3.63) is 42.2 Å². The Morgan fingerprint density at radius 2 is 1.74 bits per heavy atom. The van der Waals surface area contributed by atoms with Crippen LogP contribution in [0.4, 0.5) is 17.3 Å². The molecule has 1 aromatic carbocycles. The molecule has 100 valence electrons. The maximum absolute atomic E-state index is 6.04. The van der Waals surface area contributed by atoms with E-state index in [9.17, 15) is 0 Å². The van der Waals surface area contributed by atoms with E-state index < -0.39 is 0 Å². The van der Waals surface area contributed by atoms with Crippen LogP contribution in [-0.4, -0.2) is 16.5 Å². The van der Waals surface area contributed by atoms with E-state index in [0.29, 0.717) is 23.9 Å². The largest absolute Gasteiger partial charge is 0.393 e. The summed E-state index contributed by atoms with van der Waals surface area (Å²) in [5, 5.41) is 6.42. The van der Waals surface area contributed by atoms with Gasteiger partial charge in [-0.05, 0) is 12.0 Å². The van der Waals surface area contributed by atoms with E-state index >= 15 is 0 Å². The molecular formula is C14H19N5. The molecule has 1 heterocycles. The zero-order chi connectivity index (χ0) is 13.5. The standard InChI is InChI=1S/C14H19N5/c1-2-8-16-13-12(15)14(19-10-18-13)17-9-11-6-4-3-5-7-11/h3-7,10H,2,8-9,15H2,1H3,(H2,16,17,18,19). The molecule has 5 heteroatoms. The minimum absolute atomic E-state index is 0.562. The van der Waals surface area contributed by atoms with Gasteiger partial charge in [-0.2, -0.15) is 0 Å². The molecule has 0 aliphatic heterocycles. The summed E-state index contributed by atoms with van der Waals surface area (Å²) in [6.45, 7) is 3.63. The van der Waals surface area contributed by atoms with Crippen molar-refractivity contribution in [2.75, 3.05) is 22.9 Å². The van der Waals surface area contributed by atoms with Gasteiger partial charge in [-0.3, -0.25) is 0 Å². The summed E-state index contributed by atoms with van der Waals surface area (Å²) < 4.78 is 0. The highest BCUT2D eigenvalue weighted by atomic mass is 15.1. The first-order chi connectivity index (χ1) is 9.31. The van der Waals surface area contributed by atoms with Gasteiger partial charge in [-0.25, -0.2) is 9.97 Å². The van der Waals surface area contributed by atoms with Gasteiger partial charge in [0.25, 0.3) is 0 Å². The molecule has 1 aromatic heterocycles. The average molecular weight is 257 g/mol. The van der Waals surface area contributed by atoms with Gasteiger partial charge in [0.05, 0.1) is 0 Å². The third-order valence-electron chi connectivity index (χ3n) is 2.73. The fourth-order valence-electron chi connectivity index (χ4n) is 1.70. The van der Waals surface area contributed by atoms with Crippen molar-refractivity contribution < 1.29 is 0 Å². The lowest BCUT2D eigenvalue weighted by Gasteiger charge is -2.12. The predicted octanol–water partition coefficient (Wildman–Crippen LogP) is 2.49. The van der Waals surface area contributed by atoms with E-state index in [2.05, 4.69) is 39.7 Å². The highest BCUT2D eigenvalue weighted by Gasteiger charge is 2.06. The second kappa shape index (κ2) is 6.58. The minimum Gasteiger partial charge on any atom is -0.393 e. The number of nitrogen functional groups attached to an aromatic ring is 1. The SMILES string of the molecule is CCCNc1ncnc(NCc2ccccc2)c1N. The Balaban J connectivity index is 2.04. The van der Waals surface area contributed by atoms with Crippen LogP contribution in [0, 0.1) is 0 Å². The number of nitrogens with one attached hydrogen (secondary N) is 2. The first-order valence-electron chi connectivity index (χ1n) is 6.43. The van der Waals surface area contributed by atoms with Crippen LogP contribution in [0.2, 0.25) is 0 Å². The number of benzene rings is 1. The highest BCUT2D eigenvalue weighted by molar-refractivity contribution is 5.73. The molecule has 0 saturated heterocycles. The Kier molecular flexibility index (Phi) is 4.55. The van der Waals surface area contributed by atoms with Gasteiger partial charge in [0.15, 0.2) is 11.6 Å². The van der Waals surface area contributed by atoms with Crippen LogP contribution in [0.25, 0.3) is 0 Å². The average Bonchev–Trinajstić information content (AvgIpc) is 2.46. The Bertz CT molecular complexity index is 512. The first kappa shape index (κ1) is 13.1. The van der Waals surface area contributed by atoms with Crippen LogP contribution >= 0.6 is 0 Å². The van der Waals surface area contributed by atoms with Crippen molar-refractivity contribution in [1.82, 2.24) is 9.97 Å². The predicted molar refractivity (Wildman–Crippen MR) is 79.0 cm³/mol. The molecule has 5 nitrogen and oxygen atoms in total. The van der Waals surface area contributed by atoms with Crippen molar-refractivity contribution in [3.63, 3.8) is 0 Å². The molecule has 0 bridgehead atoms. The number of aromatic nitrogens is 2. The van der Waals surface area contributed by atoms with Gasteiger partial charge in [-0.15, -0.1) is 0 Å². The number of hydrogen-bond donors (Lipinski definition) is 3. The van der Waals surface area contributed by atoms with Crippen molar-refractivity contribution in [2.45, 2.75) is 19.9 Å². The van der Waals surface area contributed by atoms with Crippen LogP contribution < -0.4 is 16.4 Å². The van der Waals surface area contributed by atoms with Crippen LogP contribution in [0.1, 0.15) is 18.9 Å². The lowest BCUT2D eigenvalue weighted by atomic mass is 10.2. The number of anilines is 3. The van der Waals surface area contributed by atoms with Gasteiger partial charge in [0, 0.05) is 13.1 Å². The summed E-state index contributed by atoms with van der Waals surface area (Å²) in [7, 11) is 0. The topological polar surface area (TPSA) is 75.9 Å². The normalized spacial score (nSPS) is 10.2. The number of nitrogens with two attached hydrogens (primary N) is 1. The van der Waals surface area contributed by atoms with Crippen LogP contribution in [-0.2, 0) is 6.54 Å². The smallest absolute Gasteiger partial charge is 0.155 e. The summed E-state index contributed by atoms with van der Waals surface area (Å²) in [4.78, 5) is 8.32. The maximum Gasteiger partial charge on any atom is 0.155 e. The third-order valence-corrected chi connectivity index (χ3v) is 2.73. The summed E-state index contributed by atoms with van der Waals surface area (Å²) in [5.41, 5.74) is 7.78. The van der Waals surface area contributed by atoms with Gasteiger partial charge >= 0.3 is 0 Å². The zero-order valence-corrected chi connectivity index (χ0v) is 11.1. The zero-order valence-electron chi connectivity index (χ0n) is 11.1. The van der Waals surface area contributed by atoms with Gasteiger partial charge in [0.1, 0.15) is 12.0 Å². The van der Waals surface area contributed by atoms with Crippen molar-refractivity contribution in [3.8, 4) is 0 Å². The molecule has 0 spiro atoms. The molecule has 0 radical (unpaired) electrons. The molecule has 0 unspecified atom stereocenters. The Morgan fingerprint density at radius 1 is 1.05 bits per heavy atom. The van der Waals surface area contributed by atoms with E-state index in [1.54, 1.807) is 0 Å². The number of hydrogen-bond acceptors (Lipinski definition) is 5. The van der Waals surface area contributed by atoms with Crippen LogP contribution in [0.5, 0.6) is 0 Å². The highest BCUT2D eigenvalue weighted by Crippen LogP contribution is 2.22. The molecule has 2 rings (SSSR count). The van der Waals surface area contributed by atoms with E-state index in [4.69, 9.17) is 5.73 Å². The van der Waals surface area contributed by atoms with E-state index in [1.807, 2.05) is 18.2 Å². The van der Waals surface area contributed by atoms with E-state index in [1.165, 1.54) is 11.9 Å². The van der Waals surface area contributed by atoms with Gasteiger partial charge < -0.3 is 16.4 Å². The fraction of sp³-hybridized carbons (Fsp3) is 0.286. The quantitative estimate of drug-likeness (QED) is 0.741. The van der Waals surface area contributed by atoms with Crippen molar-refractivity contribution >= 4 is 17.3 Å². The molecule has 0 aliphatic rings. The summed E-state index contributed by atoms with van der Waals surface area (Å²) in [6, 6.07) is 10.1. The molecule has 0 aliphatic carbocycles. The Hall–Kier alpha value is -2.30. The van der Waals surface area contributed by atoms with Gasteiger partial charge in [0.2, 0.25) is 0 Å². The molecule has 0 fully saturated rings. The number of rotatable bonds is 6. The lowest BCUT2D eigenvalue weighted by molar-refractivity contribution is 0.964. The monoisotopic (exact) mass is 257 g/mol. The summed E-state index contributed by atoms with van der Waals surface area (Å²) >= 11 is 0. The first-order valence-corrected chi connectivity index (χ1v) is 6.43. The molecule has 0 atom stereocenters. The second-order valence-corrected chi connectivity index (χ2v) is 4.25. The number of nitrogens with zero attached hydrogens (tertiary/aromatic N) is 2. The molecule has 0 amide bonds. The molecule has 19 heavy (non-hydrogen) atoms. The van der Waals surface area contributed by atoms with E-state index in [0.717, 1.165) is 13.0 Å². The molecule has 2 aromatic rings. The minimum atomic E-state index is 0.562. The second-order valence-electron chi connectivity index (χ2n) is 4.25. The molecule has 0 saturated carbocycles. The van der Waals surface area contributed by atoms with Crippen molar-refractivity contribution in [1.29, 1.82) is 0 Å². The summed E-state index contributed by atoms with van der Waals surface area (Å²) in [5.74, 6) is 1.35. The molecule has 4 N–H and O–H groups in total. The fourth-order valence-corrected chi connectivity index (χ4v) is 1.70. The Morgan fingerprint density at radius 3 is 2.42 bits per heavy atom. The molecular weight excluding hydrogens is 238 g/mol. The van der Waals surface area contributed by atoms with Crippen LogP contribution in [0.15, 0.2) is 36.7 Å². The van der Waals surface area contributed by atoms with Crippen molar-refractivity contribution in [2.24, 2.45) is 0 Å². The van der Waals surface area contributed by atoms with Gasteiger partial charge in [-0.1, -0.05) is 37.3 Å².